The highest BCUT2D eigenvalue weighted by atomic mass is 16.4. The van der Waals surface area contributed by atoms with E-state index < -0.39 is 0 Å². The van der Waals surface area contributed by atoms with Gasteiger partial charge >= 0.3 is 0 Å². The summed E-state index contributed by atoms with van der Waals surface area (Å²) >= 11 is 0. The van der Waals surface area contributed by atoms with Crippen LogP contribution in [0.1, 0.15) is 34.4 Å². The standard InChI is InChI=1S/C23H22N4O2/c1-2-20-19(13-26-27(20)16-17-9-5-3-6-10-17)23(28)25-15-22-24-14-21(29-22)18-11-7-4-8-12-18/h3-14H,2,15-16H2,1H3,(H,25,28). The molecular formula is C23H22N4O2. The van der Waals surface area contributed by atoms with E-state index in [9.17, 15) is 4.79 Å². The summed E-state index contributed by atoms with van der Waals surface area (Å²) in [5.74, 6) is 0.965. The van der Waals surface area contributed by atoms with E-state index >= 15 is 0 Å². The predicted octanol–water partition coefficient (Wildman–Crippen LogP) is 4.08. The van der Waals surface area contributed by atoms with Gasteiger partial charge in [-0.05, 0) is 12.0 Å². The minimum atomic E-state index is -0.180. The first-order valence-corrected chi connectivity index (χ1v) is 9.61. The highest BCUT2D eigenvalue weighted by Crippen LogP contribution is 2.19. The Hall–Kier alpha value is -3.67. The Labute approximate surface area is 169 Å². The predicted molar refractivity (Wildman–Crippen MR) is 110 cm³/mol. The molecule has 29 heavy (non-hydrogen) atoms. The molecule has 0 aliphatic carbocycles. The van der Waals surface area contributed by atoms with Crippen molar-refractivity contribution in [1.82, 2.24) is 20.1 Å². The Bertz CT molecular complexity index is 1080. The maximum absolute atomic E-state index is 12.7. The number of carbonyl (C=O) groups excluding carboxylic acids is 1. The minimum absolute atomic E-state index is 0.180. The average molecular weight is 386 g/mol. The van der Waals surface area contributed by atoms with E-state index in [0.29, 0.717) is 30.2 Å². The van der Waals surface area contributed by atoms with Crippen LogP contribution in [0.4, 0.5) is 0 Å². The van der Waals surface area contributed by atoms with Crippen LogP contribution in [0.25, 0.3) is 11.3 Å². The fraction of sp³-hybridized carbons (Fsp3) is 0.174. The monoisotopic (exact) mass is 386 g/mol. The van der Waals surface area contributed by atoms with Gasteiger partial charge in [-0.3, -0.25) is 9.48 Å². The van der Waals surface area contributed by atoms with E-state index in [0.717, 1.165) is 16.8 Å². The zero-order chi connectivity index (χ0) is 20.1. The normalized spacial score (nSPS) is 10.8. The summed E-state index contributed by atoms with van der Waals surface area (Å²) in [6.07, 6.45) is 4.01. The molecule has 0 spiro atoms. The molecule has 2 aromatic carbocycles. The van der Waals surface area contributed by atoms with Gasteiger partial charge in [-0.2, -0.15) is 5.10 Å². The van der Waals surface area contributed by atoms with Crippen molar-refractivity contribution >= 4 is 5.91 Å². The van der Waals surface area contributed by atoms with Gasteiger partial charge in [-0.15, -0.1) is 0 Å². The van der Waals surface area contributed by atoms with E-state index in [4.69, 9.17) is 4.42 Å². The number of hydrogen-bond donors (Lipinski definition) is 1. The largest absolute Gasteiger partial charge is 0.439 e. The minimum Gasteiger partial charge on any atom is -0.439 e. The van der Waals surface area contributed by atoms with Crippen LogP contribution >= 0.6 is 0 Å². The van der Waals surface area contributed by atoms with Gasteiger partial charge in [0, 0.05) is 5.56 Å². The number of amides is 1. The van der Waals surface area contributed by atoms with Crippen molar-refractivity contribution in [3.63, 3.8) is 0 Å². The zero-order valence-corrected chi connectivity index (χ0v) is 16.2. The third kappa shape index (κ3) is 4.27. The van der Waals surface area contributed by atoms with Crippen LogP contribution in [-0.2, 0) is 19.5 Å². The Balaban J connectivity index is 1.43. The van der Waals surface area contributed by atoms with Crippen LogP contribution in [0.15, 0.2) is 77.5 Å². The molecule has 0 saturated carbocycles. The fourth-order valence-electron chi connectivity index (χ4n) is 3.24. The van der Waals surface area contributed by atoms with Gasteiger partial charge in [-0.25, -0.2) is 4.98 Å². The van der Waals surface area contributed by atoms with Crippen molar-refractivity contribution in [2.24, 2.45) is 0 Å². The Morgan fingerprint density at radius 1 is 1.03 bits per heavy atom. The number of nitrogens with one attached hydrogen (secondary N) is 1. The lowest BCUT2D eigenvalue weighted by molar-refractivity contribution is 0.0946. The summed E-state index contributed by atoms with van der Waals surface area (Å²) in [6.45, 7) is 2.88. The summed E-state index contributed by atoms with van der Waals surface area (Å²) in [4.78, 5) is 17.0. The lowest BCUT2D eigenvalue weighted by Crippen LogP contribution is -2.24. The number of benzene rings is 2. The molecule has 0 unspecified atom stereocenters. The van der Waals surface area contributed by atoms with Crippen molar-refractivity contribution in [2.45, 2.75) is 26.4 Å². The van der Waals surface area contributed by atoms with Gasteiger partial charge in [0.1, 0.15) is 0 Å². The van der Waals surface area contributed by atoms with Crippen LogP contribution in [0, 0.1) is 0 Å². The Kier molecular flexibility index (Phi) is 5.52. The molecule has 0 fully saturated rings. The van der Waals surface area contributed by atoms with Crippen LogP contribution in [0.2, 0.25) is 0 Å². The molecule has 2 heterocycles. The summed E-state index contributed by atoms with van der Waals surface area (Å²) in [5.41, 5.74) is 3.58. The molecule has 1 amide bonds. The van der Waals surface area contributed by atoms with Crippen LogP contribution < -0.4 is 5.32 Å². The summed E-state index contributed by atoms with van der Waals surface area (Å²) in [7, 11) is 0. The molecule has 0 bridgehead atoms. The molecular weight excluding hydrogens is 364 g/mol. The molecule has 0 atom stereocenters. The van der Waals surface area contributed by atoms with Gasteiger partial charge in [0.25, 0.3) is 5.91 Å². The van der Waals surface area contributed by atoms with Gasteiger partial charge in [-0.1, -0.05) is 67.6 Å². The second-order valence-electron chi connectivity index (χ2n) is 6.67. The lowest BCUT2D eigenvalue weighted by Gasteiger charge is -2.08. The molecule has 0 aliphatic rings. The number of carbonyl (C=O) groups is 1. The molecule has 6 heteroatoms. The van der Waals surface area contributed by atoms with Crippen LogP contribution in [-0.4, -0.2) is 20.7 Å². The summed E-state index contributed by atoms with van der Waals surface area (Å²) in [5, 5.41) is 7.30. The third-order valence-electron chi connectivity index (χ3n) is 4.72. The maximum Gasteiger partial charge on any atom is 0.255 e. The molecule has 6 nitrogen and oxygen atoms in total. The molecule has 0 radical (unpaired) electrons. The van der Waals surface area contributed by atoms with E-state index in [1.807, 2.05) is 72.3 Å². The smallest absolute Gasteiger partial charge is 0.255 e. The number of oxazole rings is 1. The van der Waals surface area contributed by atoms with E-state index in [1.54, 1.807) is 12.4 Å². The zero-order valence-electron chi connectivity index (χ0n) is 16.2. The lowest BCUT2D eigenvalue weighted by atomic mass is 10.1. The van der Waals surface area contributed by atoms with Crippen LogP contribution in [0.5, 0.6) is 0 Å². The van der Waals surface area contributed by atoms with E-state index in [-0.39, 0.29) is 12.5 Å². The summed E-state index contributed by atoms with van der Waals surface area (Å²) in [6, 6.07) is 19.8. The quantitative estimate of drug-likeness (QED) is 0.519. The molecule has 0 saturated heterocycles. The number of rotatable bonds is 7. The van der Waals surface area contributed by atoms with Gasteiger partial charge in [0.05, 0.1) is 36.7 Å². The van der Waals surface area contributed by atoms with Crippen molar-refractivity contribution in [3.8, 4) is 11.3 Å². The van der Waals surface area contributed by atoms with Crippen molar-refractivity contribution in [3.05, 3.63) is 95.8 Å². The van der Waals surface area contributed by atoms with E-state index in [1.165, 1.54) is 0 Å². The van der Waals surface area contributed by atoms with Crippen molar-refractivity contribution in [2.75, 3.05) is 0 Å². The Morgan fingerprint density at radius 2 is 1.76 bits per heavy atom. The maximum atomic E-state index is 12.7. The highest BCUT2D eigenvalue weighted by Gasteiger charge is 2.17. The summed E-state index contributed by atoms with van der Waals surface area (Å²) < 4.78 is 7.63. The van der Waals surface area contributed by atoms with Crippen molar-refractivity contribution in [1.29, 1.82) is 0 Å². The Morgan fingerprint density at radius 3 is 2.48 bits per heavy atom. The topological polar surface area (TPSA) is 73.0 Å². The first-order chi connectivity index (χ1) is 14.2. The third-order valence-corrected chi connectivity index (χ3v) is 4.72. The average Bonchev–Trinajstić information content (AvgIpc) is 3.40. The van der Waals surface area contributed by atoms with Crippen molar-refractivity contribution < 1.29 is 9.21 Å². The molecule has 4 rings (SSSR count). The highest BCUT2D eigenvalue weighted by molar-refractivity contribution is 5.95. The SMILES string of the molecule is CCc1c(C(=O)NCc2ncc(-c3ccccc3)o2)cnn1Cc1ccccc1. The second-order valence-corrected chi connectivity index (χ2v) is 6.67. The first-order valence-electron chi connectivity index (χ1n) is 9.61. The second kappa shape index (κ2) is 8.56. The molecule has 146 valence electrons. The van der Waals surface area contributed by atoms with E-state index in [2.05, 4.69) is 15.4 Å². The molecule has 2 aromatic heterocycles. The van der Waals surface area contributed by atoms with Crippen LogP contribution in [0.3, 0.4) is 0 Å². The molecule has 4 aromatic rings. The molecule has 0 aliphatic heterocycles. The first kappa shape index (κ1) is 18.7. The molecule has 1 N–H and O–H groups in total. The van der Waals surface area contributed by atoms with Gasteiger partial charge in [0.15, 0.2) is 5.76 Å². The van der Waals surface area contributed by atoms with Gasteiger partial charge < -0.3 is 9.73 Å². The number of nitrogens with zero attached hydrogens (tertiary/aromatic N) is 3. The number of hydrogen-bond acceptors (Lipinski definition) is 4. The number of aromatic nitrogens is 3. The fourth-order valence-corrected chi connectivity index (χ4v) is 3.24. The van der Waals surface area contributed by atoms with Gasteiger partial charge in [0.2, 0.25) is 5.89 Å².